The van der Waals surface area contributed by atoms with Crippen molar-refractivity contribution in [3.63, 3.8) is 0 Å². The molecular weight excluding hydrogens is 254 g/mol. The van der Waals surface area contributed by atoms with E-state index in [4.69, 9.17) is 25.8 Å². The standard InChI is InChI=1S/C13H20ClNO3/c1-16-12-2-4-13(5-3-12)18-11-8-15-7-10-17-9-6-14/h2-5,15H,6-11H2,1H3. The molecule has 18 heavy (non-hydrogen) atoms. The molecule has 0 amide bonds. The molecule has 0 radical (unpaired) electrons. The van der Waals surface area contributed by atoms with Crippen molar-refractivity contribution in [2.24, 2.45) is 0 Å². The number of hydrogen-bond acceptors (Lipinski definition) is 4. The maximum Gasteiger partial charge on any atom is 0.119 e. The molecule has 4 nitrogen and oxygen atoms in total. The lowest BCUT2D eigenvalue weighted by molar-refractivity contribution is 0.150. The first-order valence-electron chi connectivity index (χ1n) is 5.98. The number of benzene rings is 1. The minimum atomic E-state index is 0.542. The predicted molar refractivity (Wildman–Crippen MR) is 72.9 cm³/mol. The van der Waals surface area contributed by atoms with Gasteiger partial charge in [0.2, 0.25) is 0 Å². The third-order valence-corrected chi connectivity index (χ3v) is 2.41. The fourth-order valence-corrected chi connectivity index (χ4v) is 1.45. The summed E-state index contributed by atoms with van der Waals surface area (Å²) in [7, 11) is 1.64. The highest BCUT2D eigenvalue weighted by Gasteiger charge is 1.95. The highest BCUT2D eigenvalue weighted by Crippen LogP contribution is 2.16. The van der Waals surface area contributed by atoms with E-state index in [9.17, 15) is 0 Å². The first-order chi connectivity index (χ1) is 8.86. The van der Waals surface area contributed by atoms with Gasteiger partial charge in [-0.05, 0) is 24.3 Å². The lowest BCUT2D eigenvalue weighted by Crippen LogP contribution is -2.25. The van der Waals surface area contributed by atoms with E-state index in [0.29, 0.717) is 25.7 Å². The first-order valence-corrected chi connectivity index (χ1v) is 6.51. The Balaban J connectivity index is 2.00. The van der Waals surface area contributed by atoms with Crippen LogP contribution in [0.15, 0.2) is 24.3 Å². The Morgan fingerprint density at radius 3 is 2.33 bits per heavy atom. The van der Waals surface area contributed by atoms with Gasteiger partial charge in [-0.2, -0.15) is 0 Å². The highest BCUT2D eigenvalue weighted by atomic mass is 35.5. The molecule has 0 spiro atoms. The highest BCUT2D eigenvalue weighted by molar-refractivity contribution is 6.17. The molecule has 1 N–H and O–H groups in total. The lowest BCUT2D eigenvalue weighted by atomic mass is 10.3. The number of alkyl halides is 1. The van der Waals surface area contributed by atoms with Crippen molar-refractivity contribution in [1.29, 1.82) is 0 Å². The molecule has 1 rings (SSSR count). The zero-order valence-corrected chi connectivity index (χ0v) is 11.4. The summed E-state index contributed by atoms with van der Waals surface area (Å²) in [6.45, 7) is 3.50. The summed E-state index contributed by atoms with van der Waals surface area (Å²) in [5, 5.41) is 3.22. The van der Waals surface area contributed by atoms with Crippen LogP contribution in [0.3, 0.4) is 0 Å². The second-order valence-electron chi connectivity index (χ2n) is 3.58. The van der Waals surface area contributed by atoms with Crippen molar-refractivity contribution in [3.05, 3.63) is 24.3 Å². The van der Waals surface area contributed by atoms with Crippen LogP contribution >= 0.6 is 11.6 Å². The molecule has 102 valence electrons. The van der Waals surface area contributed by atoms with Gasteiger partial charge in [-0.15, -0.1) is 11.6 Å². The summed E-state index contributed by atoms with van der Waals surface area (Å²) in [6, 6.07) is 7.54. The predicted octanol–water partition coefficient (Wildman–Crippen LogP) is 1.92. The van der Waals surface area contributed by atoms with E-state index in [0.717, 1.165) is 24.6 Å². The monoisotopic (exact) mass is 273 g/mol. The van der Waals surface area contributed by atoms with Gasteiger partial charge in [-0.1, -0.05) is 0 Å². The normalized spacial score (nSPS) is 10.3. The number of halogens is 1. The number of nitrogens with one attached hydrogen (secondary N) is 1. The fourth-order valence-electron chi connectivity index (χ4n) is 1.34. The summed E-state index contributed by atoms with van der Waals surface area (Å²) in [5.74, 6) is 2.22. The van der Waals surface area contributed by atoms with Crippen LogP contribution in [0.1, 0.15) is 0 Å². The SMILES string of the molecule is COc1ccc(OCCNCCOCCCl)cc1. The average Bonchev–Trinajstić information content (AvgIpc) is 2.42. The number of rotatable bonds is 10. The molecule has 0 saturated heterocycles. The van der Waals surface area contributed by atoms with Crippen molar-refractivity contribution in [3.8, 4) is 11.5 Å². The molecule has 0 atom stereocenters. The maximum absolute atomic E-state index is 5.55. The lowest BCUT2D eigenvalue weighted by Gasteiger charge is -2.08. The van der Waals surface area contributed by atoms with E-state index in [1.807, 2.05) is 24.3 Å². The Morgan fingerprint density at radius 2 is 1.67 bits per heavy atom. The quantitative estimate of drug-likeness (QED) is 0.522. The summed E-state index contributed by atoms with van der Waals surface area (Å²) >= 11 is 5.48. The van der Waals surface area contributed by atoms with Crippen molar-refractivity contribution < 1.29 is 14.2 Å². The third kappa shape index (κ3) is 6.69. The molecule has 0 heterocycles. The molecule has 0 aliphatic carbocycles. The van der Waals surface area contributed by atoms with Crippen LogP contribution in [0.4, 0.5) is 0 Å². The Bertz CT molecular complexity index is 306. The van der Waals surface area contributed by atoms with E-state index in [2.05, 4.69) is 5.32 Å². The summed E-state index contributed by atoms with van der Waals surface area (Å²) in [5.41, 5.74) is 0. The van der Waals surface area contributed by atoms with Gasteiger partial charge >= 0.3 is 0 Å². The zero-order valence-electron chi connectivity index (χ0n) is 10.7. The molecule has 0 aliphatic heterocycles. The van der Waals surface area contributed by atoms with Gasteiger partial charge in [0.1, 0.15) is 18.1 Å². The van der Waals surface area contributed by atoms with Crippen LogP contribution < -0.4 is 14.8 Å². The summed E-state index contributed by atoms with van der Waals surface area (Å²) in [4.78, 5) is 0. The van der Waals surface area contributed by atoms with E-state index in [1.54, 1.807) is 7.11 Å². The molecule has 1 aromatic carbocycles. The van der Waals surface area contributed by atoms with Crippen molar-refractivity contribution in [1.82, 2.24) is 5.32 Å². The molecule has 0 aromatic heterocycles. The second-order valence-corrected chi connectivity index (χ2v) is 3.95. The van der Waals surface area contributed by atoms with E-state index < -0.39 is 0 Å². The van der Waals surface area contributed by atoms with Gasteiger partial charge < -0.3 is 19.5 Å². The smallest absolute Gasteiger partial charge is 0.119 e. The topological polar surface area (TPSA) is 39.7 Å². The second kappa shape index (κ2) is 10.00. The van der Waals surface area contributed by atoms with E-state index in [1.165, 1.54) is 0 Å². The van der Waals surface area contributed by atoms with Gasteiger partial charge in [0.15, 0.2) is 0 Å². The maximum atomic E-state index is 5.55. The molecule has 0 bridgehead atoms. The van der Waals surface area contributed by atoms with Gasteiger partial charge in [0.05, 0.1) is 20.3 Å². The number of hydrogen-bond donors (Lipinski definition) is 1. The minimum absolute atomic E-state index is 0.542. The molecule has 5 heteroatoms. The van der Waals surface area contributed by atoms with Crippen LogP contribution in [-0.2, 0) is 4.74 Å². The van der Waals surface area contributed by atoms with Gasteiger partial charge in [-0.25, -0.2) is 0 Å². The van der Waals surface area contributed by atoms with Crippen LogP contribution in [0, 0.1) is 0 Å². The third-order valence-electron chi connectivity index (χ3n) is 2.25. The fraction of sp³-hybridized carbons (Fsp3) is 0.538. The molecule has 1 aromatic rings. The summed E-state index contributed by atoms with van der Waals surface area (Å²) < 4.78 is 15.8. The van der Waals surface area contributed by atoms with Crippen LogP contribution in [0.2, 0.25) is 0 Å². The average molecular weight is 274 g/mol. The Hall–Kier alpha value is -0.970. The van der Waals surface area contributed by atoms with Gasteiger partial charge in [0.25, 0.3) is 0 Å². The summed E-state index contributed by atoms with van der Waals surface area (Å²) in [6.07, 6.45) is 0. The van der Waals surface area contributed by atoms with E-state index in [-0.39, 0.29) is 0 Å². The number of methoxy groups -OCH3 is 1. The molecule has 0 aliphatic rings. The number of ether oxygens (including phenoxy) is 3. The first kappa shape index (κ1) is 15.1. The molecular formula is C13H20ClNO3. The zero-order chi connectivity index (χ0) is 13.1. The van der Waals surface area contributed by atoms with Crippen LogP contribution in [0.25, 0.3) is 0 Å². The van der Waals surface area contributed by atoms with Crippen molar-refractivity contribution in [2.75, 3.05) is 45.9 Å². The van der Waals surface area contributed by atoms with Crippen LogP contribution in [0.5, 0.6) is 11.5 Å². The Kier molecular flexibility index (Phi) is 8.38. The van der Waals surface area contributed by atoms with Gasteiger partial charge in [0, 0.05) is 19.0 Å². The van der Waals surface area contributed by atoms with Crippen molar-refractivity contribution >= 4 is 11.6 Å². The molecule has 0 fully saturated rings. The molecule has 0 unspecified atom stereocenters. The van der Waals surface area contributed by atoms with Crippen molar-refractivity contribution in [2.45, 2.75) is 0 Å². The molecule has 0 saturated carbocycles. The largest absolute Gasteiger partial charge is 0.497 e. The van der Waals surface area contributed by atoms with Crippen LogP contribution in [-0.4, -0.2) is 45.9 Å². The van der Waals surface area contributed by atoms with Gasteiger partial charge in [-0.3, -0.25) is 0 Å². The minimum Gasteiger partial charge on any atom is -0.497 e. The Morgan fingerprint density at radius 1 is 1.00 bits per heavy atom. The Labute approximate surface area is 113 Å². The van der Waals surface area contributed by atoms with E-state index >= 15 is 0 Å².